The highest BCUT2D eigenvalue weighted by Gasteiger charge is 2.23. The topological polar surface area (TPSA) is 55.1 Å². The molecule has 3 atom stereocenters. The normalized spacial score (nSPS) is 15.0. The number of nitrogens with one attached hydrogen (secondary N) is 1. The number of carbonyl (C=O) groups is 1. The molecule has 2 unspecified atom stereocenters. The molecule has 3 heteroatoms. The Balaban J connectivity index is 2.00. The van der Waals surface area contributed by atoms with Crippen LogP contribution in [0.2, 0.25) is 0 Å². The van der Waals surface area contributed by atoms with Crippen LogP contribution in [-0.4, -0.2) is 5.91 Å². The van der Waals surface area contributed by atoms with Crippen LogP contribution < -0.4 is 11.1 Å². The molecule has 2 aromatic rings. The molecule has 0 aromatic heterocycles. The van der Waals surface area contributed by atoms with Gasteiger partial charge in [0.05, 0.1) is 12.0 Å². The first kappa shape index (κ1) is 15.3. The molecule has 21 heavy (non-hydrogen) atoms. The van der Waals surface area contributed by atoms with Gasteiger partial charge in [-0.3, -0.25) is 4.79 Å². The Bertz CT molecular complexity index is 568. The lowest BCUT2D eigenvalue weighted by atomic mass is 9.94. The molecular formula is C18H22N2O. The predicted octanol–water partition coefficient (Wildman–Crippen LogP) is 3.20. The maximum Gasteiger partial charge on any atom is 0.225 e. The second kappa shape index (κ2) is 7.04. The summed E-state index contributed by atoms with van der Waals surface area (Å²) >= 11 is 0. The van der Waals surface area contributed by atoms with Crippen molar-refractivity contribution in [3.05, 3.63) is 71.8 Å². The van der Waals surface area contributed by atoms with Gasteiger partial charge in [0.15, 0.2) is 0 Å². The van der Waals surface area contributed by atoms with Crippen LogP contribution in [0.15, 0.2) is 60.7 Å². The third-order valence-electron chi connectivity index (χ3n) is 3.80. The Labute approximate surface area is 126 Å². The molecule has 0 heterocycles. The Morgan fingerprint density at radius 3 is 1.90 bits per heavy atom. The molecule has 0 saturated heterocycles. The van der Waals surface area contributed by atoms with E-state index >= 15 is 0 Å². The Kier molecular flexibility index (Phi) is 5.12. The molecule has 1 amide bonds. The van der Waals surface area contributed by atoms with Gasteiger partial charge in [0.25, 0.3) is 0 Å². The van der Waals surface area contributed by atoms with Crippen molar-refractivity contribution in [3.8, 4) is 0 Å². The smallest absolute Gasteiger partial charge is 0.225 e. The molecule has 0 aliphatic rings. The van der Waals surface area contributed by atoms with Crippen molar-refractivity contribution in [3.63, 3.8) is 0 Å². The Hall–Kier alpha value is -2.13. The second-order valence-corrected chi connectivity index (χ2v) is 5.37. The van der Waals surface area contributed by atoms with Crippen molar-refractivity contribution in [2.45, 2.75) is 25.9 Å². The molecule has 0 aliphatic carbocycles. The number of rotatable bonds is 5. The minimum atomic E-state index is -0.297. The summed E-state index contributed by atoms with van der Waals surface area (Å²) in [5, 5.41) is 3.03. The first-order valence-electron chi connectivity index (χ1n) is 7.25. The largest absolute Gasteiger partial charge is 0.349 e. The van der Waals surface area contributed by atoms with E-state index in [1.807, 2.05) is 74.5 Å². The Morgan fingerprint density at radius 2 is 1.38 bits per heavy atom. The first-order valence-corrected chi connectivity index (χ1v) is 7.25. The van der Waals surface area contributed by atoms with E-state index in [9.17, 15) is 4.79 Å². The van der Waals surface area contributed by atoms with Gasteiger partial charge in [0.1, 0.15) is 0 Å². The summed E-state index contributed by atoms with van der Waals surface area (Å²) in [5.74, 6) is -0.304. The van der Waals surface area contributed by atoms with Crippen LogP contribution in [0, 0.1) is 5.92 Å². The fourth-order valence-corrected chi connectivity index (χ4v) is 2.30. The molecule has 0 saturated carbocycles. The fraction of sp³-hybridized carbons (Fsp3) is 0.278. The van der Waals surface area contributed by atoms with Gasteiger partial charge in [-0.1, -0.05) is 67.6 Å². The van der Waals surface area contributed by atoms with E-state index in [-0.39, 0.29) is 23.9 Å². The quantitative estimate of drug-likeness (QED) is 0.885. The van der Waals surface area contributed by atoms with E-state index in [0.717, 1.165) is 11.1 Å². The minimum Gasteiger partial charge on any atom is -0.349 e. The zero-order chi connectivity index (χ0) is 15.2. The Morgan fingerprint density at radius 1 is 0.905 bits per heavy atom. The van der Waals surface area contributed by atoms with E-state index in [0.29, 0.717) is 0 Å². The van der Waals surface area contributed by atoms with Crippen LogP contribution >= 0.6 is 0 Å². The SMILES string of the molecule is CC(C(=O)N[C@H](C)c1ccccc1)C(N)c1ccccc1. The van der Waals surface area contributed by atoms with Gasteiger partial charge in [0.2, 0.25) is 5.91 Å². The molecule has 0 aliphatic heterocycles. The lowest BCUT2D eigenvalue weighted by Crippen LogP contribution is -2.36. The molecule has 2 aromatic carbocycles. The third kappa shape index (κ3) is 3.92. The van der Waals surface area contributed by atoms with Gasteiger partial charge in [-0.15, -0.1) is 0 Å². The van der Waals surface area contributed by atoms with Crippen LogP contribution in [0.4, 0.5) is 0 Å². The van der Waals surface area contributed by atoms with E-state index < -0.39 is 0 Å². The highest BCUT2D eigenvalue weighted by atomic mass is 16.1. The van der Waals surface area contributed by atoms with E-state index in [2.05, 4.69) is 5.32 Å². The van der Waals surface area contributed by atoms with Crippen molar-refractivity contribution in [2.75, 3.05) is 0 Å². The lowest BCUT2D eigenvalue weighted by molar-refractivity contribution is -0.125. The highest BCUT2D eigenvalue weighted by molar-refractivity contribution is 5.79. The number of hydrogen-bond donors (Lipinski definition) is 2. The van der Waals surface area contributed by atoms with E-state index in [1.54, 1.807) is 0 Å². The standard InChI is InChI=1S/C18H22N2O/c1-13(17(19)16-11-7-4-8-12-16)18(21)20-14(2)15-9-5-3-6-10-15/h3-14,17H,19H2,1-2H3,(H,20,21)/t13?,14-,17?/m1/s1. The number of amides is 1. The number of carbonyl (C=O) groups excluding carboxylic acids is 1. The zero-order valence-corrected chi connectivity index (χ0v) is 12.5. The van der Waals surface area contributed by atoms with Gasteiger partial charge in [0, 0.05) is 6.04 Å². The first-order chi connectivity index (χ1) is 10.1. The lowest BCUT2D eigenvalue weighted by Gasteiger charge is -2.22. The molecule has 0 radical (unpaired) electrons. The molecule has 0 fully saturated rings. The van der Waals surface area contributed by atoms with Gasteiger partial charge in [-0.25, -0.2) is 0 Å². The summed E-state index contributed by atoms with van der Waals surface area (Å²) in [7, 11) is 0. The number of nitrogens with two attached hydrogens (primary N) is 1. The van der Waals surface area contributed by atoms with Gasteiger partial charge < -0.3 is 11.1 Å². The summed E-state index contributed by atoms with van der Waals surface area (Å²) in [5.41, 5.74) is 8.26. The van der Waals surface area contributed by atoms with Gasteiger partial charge >= 0.3 is 0 Å². The molecule has 3 N–H and O–H groups in total. The summed E-state index contributed by atoms with van der Waals surface area (Å²) in [6.45, 7) is 3.85. The summed E-state index contributed by atoms with van der Waals surface area (Å²) < 4.78 is 0. The van der Waals surface area contributed by atoms with Crippen molar-refractivity contribution in [1.82, 2.24) is 5.32 Å². The van der Waals surface area contributed by atoms with E-state index in [4.69, 9.17) is 5.73 Å². The number of benzene rings is 2. The molecule has 2 rings (SSSR count). The van der Waals surface area contributed by atoms with Crippen LogP contribution in [0.25, 0.3) is 0 Å². The average molecular weight is 282 g/mol. The third-order valence-corrected chi connectivity index (χ3v) is 3.80. The summed E-state index contributed by atoms with van der Waals surface area (Å²) in [6, 6.07) is 19.3. The van der Waals surface area contributed by atoms with Crippen LogP contribution in [0.1, 0.15) is 37.1 Å². The van der Waals surface area contributed by atoms with Crippen molar-refractivity contribution in [2.24, 2.45) is 11.7 Å². The van der Waals surface area contributed by atoms with Gasteiger partial charge in [-0.05, 0) is 18.1 Å². The monoisotopic (exact) mass is 282 g/mol. The minimum absolute atomic E-state index is 0.0240. The van der Waals surface area contributed by atoms with Gasteiger partial charge in [-0.2, -0.15) is 0 Å². The van der Waals surface area contributed by atoms with Crippen molar-refractivity contribution < 1.29 is 4.79 Å². The van der Waals surface area contributed by atoms with Crippen molar-refractivity contribution >= 4 is 5.91 Å². The molecule has 0 bridgehead atoms. The summed E-state index contributed by atoms with van der Waals surface area (Å²) in [4.78, 5) is 12.4. The fourth-order valence-electron chi connectivity index (χ4n) is 2.30. The molecule has 110 valence electrons. The van der Waals surface area contributed by atoms with E-state index in [1.165, 1.54) is 0 Å². The second-order valence-electron chi connectivity index (χ2n) is 5.37. The highest BCUT2D eigenvalue weighted by Crippen LogP contribution is 2.20. The van der Waals surface area contributed by atoms with Crippen molar-refractivity contribution in [1.29, 1.82) is 0 Å². The maximum absolute atomic E-state index is 12.4. The summed E-state index contributed by atoms with van der Waals surface area (Å²) in [6.07, 6.45) is 0. The zero-order valence-electron chi connectivity index (χ0n) is 12.5. The predicted molar refractivity (Wildman–Crippen MR) is 85.5 cm³/mol. The maximum atomic E-state index is 12.4. The molecule has 3 nitrogen and oxygen atoms in total. The van der Waals surface area contributed by atoms with Crippen LogP contribution in [-0.2, 0) is 4.79 Å². The molecular weight excluding hydrogens is 260 g/mol. The van der Waals surface area contributed by atoms with Crippen LogP contribution in [0.3, 0.4) is 0 Å². The van der Waals surface area contributed by atoms with Crippen LogP contribution in [0.5, 0.6) is 0 Å². The molecule has 0 spiro atoms. The average Bonchev–Trinajstić information content (AvgIpc) is 2.55. The number of hydrogen-bond acceptors (Lipinski definition) is 2.